The number of carbonyl (C=O) groups excluding carboxylic acids is 3. The molecule has 0 aliphatic rings. The third-order valence-electron chi connectivity index (χ3n) is 17.9. The molecule has 0 spiro atoms. The molecular formula is C74H147N3O5. The molecule has 1 amide bonds. The summed E-state index contributed by atoms with van der Waals surface area (Å²) < 4.78 is 11.9. The summed E-state index contributed by atoms with van der Waals surface area (Å²) in [6.45, 7) is 22.3. The van der Waals surface area contributed by atoms with Crippen LogP contribution < -0.4 is 0 Å². The van der Waals surface area contributed by atoms with Crippen molar-refractivity contribution in [1.82, 2.24) is 14.7 Å². The Labute approximate surface area is 513 Å². The van der Waals surface area contributed by atoms with E-state index in [1.807, 2.05) is 0 Å². The fraction of sp³-hybridized carbons (Fsp3) is 0.959. The molecule has 82 heavy (non-hydrogen) atoms. The topological polar surface area (TPSA) is 79.4 Å². The summed E-state index contributed by atoms with van der Waals surface area (Å²) >= 11 is 0. The van der Waals surface area contributed by atoms with Gasteiger partial charge in [0.15, 0.2) is 0 Å². The highest BCUT2D eigenvalue weighted by molar-refractivity contribution is 5.76. The Hall–Kier alpha value is -1.67. The van der Waals surface area contributed by atoms with E-state index < -0.39 is 0 Å². The van der Waals surface area contributed by atoms with Crippen LogP contribution in [0.25, 0.3) is 0 Å². The zero-order valence-corrected chi connectivity index (χ0v) is 56.9. The molecule has 8 heteroatoms. The monoisotopic (exact) mass is 1160 g/mol. The summed E-state index contributed by atoms with van der Waals surface area (Å²) in [6.07, 6.45) is 64.0. The minimum Gasteiger partial charge on any atom is -0.465 e. The van der Waals surface area contributed by atoms with E-state index in [-0.39, 0.29) is 23.8 Å². The second-order valence-corrected chi connectivity index (χ2v) is 26.0. The Morgan fingerprint density at radius 1 is 0.280 bits per heavy atom. The molecule has 8 nitrogen and oxygen atoms in total. The van der Waals surface area contributed by atoms with Crippen LogP contribution in [0.15, 0.2) is 0 Å². The van der Waals surface area contributed by atoms with Crippen LogP contribution in [0.5, 0.6) is 0 Å². The van der Waals surface area contributed by atoms with Gasteiger partial charge in [0.2, 0.25) is 5.91 Å². The van der Waals surface area contributed by atoms with Crippen LogP contribution >= 0.6 is 0 Å². The smallest absolute Gasteiger partial charge is 0.308 e. The van der Waals surface area contributed by atoms with Gasteiger partial charge in [-0.3, -0.25) is 14.4 Å². The van der Waals surface area contributed by atoms with Gasteiger partial charge in [-0.1, -0.05) is 286 Å². The highest BCUT2D eigenvalue weighted by Gasteiger charge is 2.21. The Morgan fingerprint density at radius 3 is 0.866 bits per heavy atom. The summed E-state index contributed by atoms with van der Waals surface area (Å²) in [4.78, 5) is 47.6. The molecule has 0 aromatic rings. The summed E-state index contributed by atoms with van der Waals surface area (Å²) in [5, 5.41) is 0. The average Bonchev–Trinajstić information content (AvgIpc) is 3.48. The van der Waals surface area contributed by atoms with E-state index in [1.165, 1.54) is 231 Å². The van der Waals surface area contributed by atoms with E-state index in [0.29, 0.717) is 25.5 Å². The van der Waals surface area contributed by atoms with E-state index in [1.54, 1.807) is 0 Å². The molecule has 0 heterocycles. The summed E-state index contributed by atoms with van der Waals surface area (Å²) in [7, 11) is 2.28. The molecule has 0 N–H and O–H groups in total. The van der Waals surface area contributed by atoms with Gasteiger partial charge in [0.05, 0.1) is 25.0 Å². The first kappa shape index (κ1) is 80.3. The molecule has 2 unspecified atom stereocenters. The first-order valence-corrected chi connectivity index (χ1v) is 37.3. The SMILES string of the molecule is CCCCCCCCCCN(CCCCCCCCCC)C(=O)CCCCN(C)CCCCN(CCCCCCOC(=O)C(CCCCCC)CCCCCCCC)CCCCCCOC(=O)C(CCCCCC)CCCCCCCC. The lowest BCUT2D eigenvalue weighted by atomic mass is 9.94. The first-order chi connectivity index (χ1) is 40.3. The van der Waals surface area contributed by atoms with Crippen molar-refractivity contribution in [2.45, 2.75) is 382 Å². The molecular weight excluding hydrogens is 1010 g/mol. The molecule has 0 saturated carbocycles. The number of unbranched alkanes of at least 4 members (excludes halogenated alkanes) is 38. The van der Waals surface area contributed by atoms with Gasteiger partial charge in [-0.25, -0.2) is 0 Å². The van der Waals surface area contributed by atoms with Crippen molar-refractivity contribution in [3.8, 4) is 0 Å². The second kappa shape index (κ2) is 65.3. The molecule has 0 rings (SSSR count). The minimum atomic E-state index is 0.0659. The van der Waals surface area contributed by atoms with Gasteiger partial charge < -0.3 is 24.2 Å². The Kier molecular flexibility index (Phi) is 64.0. The molecule has 0 aromatic heterocycles. The molecule has 2 atom stereocenters. The number of rotatable bonds is 68. The quantitative estimate of drug-likeness (QED) is 0.0443. The molecule has 488 valence electrons. The van der Waals surface area contributed by atoms with Crippen LogP contribution in [0.1, 0.15) is 382 Å². The molecule has 0 aliphatic carbocycles. The minimum absolute atomic E-state index is 0.0659. The van der Waals surface area contributed by atoms with Gasteiger partial charge in [-0.2, -0.15) is 0 Å². The Morgan fingerprint density at radius 2 is 0.524 bits per heavy atom. The van der Waals surface area contributed by atoms with Gasteiger partial charge >= 0.3 is 11.9 Å². The van der Waals surface area contributed by atoms with Gasteiger partial charge in [0.1, 0.15) is 0 Å². The third kappa shape index (κ3) is 54.9. The normalized spacial score (nSPS) is 12.5. The molecule has 0 aromatic carbocycles. The third-order valence-corrected chi connectivity index (χ3v) is 17.9. The molecule has 0 radical (unpaired) electrons. The molecule has 0 bridgehead atoms. The molecule has 0 aliphatic heterocycles. The van der Waals surface area contributed by atoms with Crippen molar-refractivity contribution in [1.29, 1.82) is 0 Å². The maximum Gasteiger partial charge on any atom is 0.308 e. The zero-order valence-electron chi connectivity index (χ0n) is 56.9. The van der Waals surface area contributed by atoms with Crippen molar-refractivity contribution >= 4 is 17.8 Å². The Bertz CT molecular complexity index is 1240. The number of amides is 1. The van der Waals surface area contributed by atoms with Crippen molar-refractivity contribution in [2.24, 2.45) is 11.8 Å². The lowest BCUT2D eigenvalue weighted by Crippen LogP contribution is -2.33. The maximum absolute atomic E-state index is 13.6. The highest BCUT2D eigenvalue weighted by atomic mass is 16.5. The van der Waals surface area contributed by atoms with Crippen LogP contribution in [0, 0.1) is 11.8 Å². The highest BCUT2D eigenvalue weighted by Crippen LogP contribution is 2.23. The van der Waals surface area contributed by atoms with E-state index >= 15 is 0 Å². The lowest BCUT2D eigenvalue weighted by Gasteiger charge is -2.24. The number of hydrogen-bond acceptors (Lipinski definition) is 7. The van der Waals surface area contributed by atoms with Crippen molar-refractivity contribution < 1.29 is 23.9 Å². The van der Waals surface area contributed by atoms with Crippen LogP contribution in [-0.2, 0) is 23.9 Å². The van der Waals surface area contributed by atoms with Crippen LogP contribution in [-0.4, -0.2) is 98.6 Å². The fourth-order valence-corrected chi connectivity index (χ4v) is 12.1. The van der Waals surface area contributed by atoms with Crippen LogP contribution in [0.3, 0.4) is 0 Å². The molecule has 0 saturated heterocycles. The predicted molar refractivity (Wildman–Crippen MR) is 358 cm³/mol. The average molecular weight is 1160 g/mol. The van der Waals surface area contributed by atoms with Gasteiger partial charge in [0.25, 0.3) is 0 Å². The number of carbonyl (C=O) groups is 3. The summed E-state index contributed by atoms with van der Waals surface area (Å²) in [6, 6.07) is 0. The number of hydrogen-bond donors (Lipinski definition) is 0. The Balaban J connectivity index is 5.15. The van der Waals surface area contributed by atoms with E-state index in [4.69, 9.17) is 9.47 Å². The van der Waals surface area contributed by atoms with Crippen LogP contribution in [0.4, 0.5) is 0 Å². The van der Waals surface area contributed by atoms with Gasteiger partial charge in [-0.05, 0) is 130 Å². The number of ether oxygens (including phenoxy) is 2. The second-order valence-electron chi connectivity index (χ2n) is 26.0. The van der Waals surface area contributed by atoms with E-state index in [9.17, 15) is 14.4 Å². The van der Waals surface area contributed by atoms with Crippen molar-refractivity contribution in [3.05, 3.63) is 0 Å². The largest absolute Gasteiger partial charge is 0.465 e. The predicted octanol–water partition coefficient (Wildman–Crippen LogP) is 22.2. The zero-order chi connectivity index (χ0) is 59.9. The van der Waals surface area contributed by atoms with E-state index in [0.717, 1.165) is 149 Å². The number of nitrogens with zero attached hydrogens (tertiary/aromatic N) is 3. The van der Waals surface area contributed by atoms with Crippen molar-refractivity contribution in [3.63, 3.8) is 0 Å². The van der Waals surface area contributed by atoms with Crippen LogP contribution in [0.2, 0.25) is 0 Å². The maximum atomic E-state index is 13.6. The van der Waals surface area contributed by atoms with Gasteiger partial charge in [-0.15, -0.1) is 0 Å². The standard InChI is InChI=1S/C74H147N3O5/c1-8-14-20-26-30-32-36-49-66-77(67-50-37-33-31-27-21-15-9-2)72(78)60-46-51-61-75(7)62-52-53-65-76(63-47-38-40-54-68-81-73(79)70(56-42-24-18-12-5)58-44-34-28-22-16-10-3)64-48-39-41-55-69-82-74(80)71(57-43-25-19-13-6)59-45-35-29-23-17-11-4/h70-71H,8-69H2,1-7H3. The first-order valence-electron chi connectivity index (χ1n) is 37.3. The fourth-order valence-electron chi connectivity index (χ4n) is 12.1. The summed E-state index contributed by atoms with van der Waals surface area (Å²) in [5.41, 5.74) is 0. The lowest BCUT2D eigenvalue weighted by molar-refractivity contribution is -0.150. The summed E-state index contributed by atoms with van der Waals surface area (Å²) in [5.74, 6) is 0.692. The molecule has 0 fully saturated rings. The number of esters is 2. The van der Waals surface area contributed by atoms with Gasteiger partial charge in [0, 0.05) is 19.5 Å². The van der Waals surface area contributed by atoms with E-state index in [2.05, 4.69) is 63.3 Å². The van der Waals surface area contributed by atoms with Crippen molar-refractivity contribution in [2.75, 3.05) is 66.1 Å².